The molecule has 0 radical (unpaired) electrons. The van der Waals surface area contributed by atoms with Gasteiger partial charge < -0.3 is 10.2 Å². The summed E-state index contributed by atoms with van der Waals surface area (Å²) in [4.78, 5) is 12.4. The maximum atomic E-state index is 12.4. The third-order valence-corrected chi connectivity index (χ3v) is 4.99. The van der Waals surface area contributed by atoms with Gasteiger partial charge in [0.2, 0.25) is 0 Å². The second kappa shape index (κ2) is 5.22. The van der Waals surface area contributed by atoms with Crippen LogP contribution in [0.25, 0.3) is 0 Å². The average molecular weight is 264 g/mol. The predicted octanol–water partition coefficient (Wildman–Crippen LogP) is 2.09. The zero-order valence-corrected chi connectivity index (χ0v) is 11.8. The molecule has 2 rings (SSSR count). The summed E-state index contributed by atoms with van der Waals surface area (Å²) in [6, 6.07) is 0. The van der Waals surface area contributed by atoms with Crippen molar-refractivity contribution in [3.05, 3.63) is 24.3 Å². The van der Waals surface area contributed by atoms with Crippen LogP contribution in [-0.2, 0) is 4.79 Å². The van der Waals surface area contributed by atoms with E-state index < -0.39 is 11.5 Å². The number of ketones is 1. The second-order valence-corrected chi connectivity index (χ2v) is 6.32. The normalized spacial score (nSPS) is 42.0. The summed E-state index contributed by atoms with van der Waals surface area (Å²) in [5.41, 5.74) is 0.0302. The predicted molar refractivity (Wildman–Crippen MR) is 74.5 cm³/mol. The van der Waals surface area contributed by atoms with Crippen LogP contribution in [0.4, 0.5) is 0 Å². The maximum Gasteiger partial charge on any atom is 0.145 e. The number of carbonyl (C=O) groups excluding carboxylic acids is 1. The molecule has 2 aliphatic carbocycles. The highest BCUT2D eigenvalue weighted by atomic mass is 16.3. The van der Waals surface area contributed by atoms with Gasteiger partial charge in [-0.25, -0.2) is 0 Å². The lowest BCUT2D eigenvalue weighted by Crippen LogP contribution is -2.51. The van der Waals surface area contributed by atoms with E-state index in [0.717, 1.165) is 18.4 Å². The summed E-state index contributed by atoms with van der Waals surface area (Å²) in [6.07, 6.45) is 5.44. The van der Waals surface area contributed by atoms with E-state index in [9.17, 15) is 9.90 Å². The molecule has 2 N–H and O–H groups in total. The van der Waals surface area contributed by atoms with Crippen LogP contribution in [0.1, 0.15) is 33.1 Å². The fourth-order valence-corrected chi connectivity index (χ4v) is 3.92. The van der Waals surface area contributed by atoms with E-state index in [4.69, 9.17) is 5.11 Å². The topological polar surface area (TPSA) is 57.5 Å². The van der Waals surface area contributed by atoms with Crippen LogP contribution >= 0.6 is 0 Å². The van der Waals surface area contributed by atoms with Gasteiger partial charge in [-0.3, -0.25) is 4.79 Å². The summed E-state index contributed by atoms with van der Waals surface area (Å²) in [7, 11) is 0. The standard InChI is InChI=1S/C16H24O3/c1-10-8-12-5-4-11(2)16(3,14(19)6-7-17)15(12)13(18)9-10/h4-5,10,12-13,15,17-18H,2,6-9H2,1,3H3. The fourth-order valence-electron chi connectivity index (χ4n) is 3.92. The number of aliphatic hydroxyl groups excluding tert-OH is 2. The van der Waals surface area contributed by atoms with E-state index in [1.54, 1.807) is 0 Å². The molecule has 0 spiro atoms. The van der Waals surface area contributed by atoms with Crippen molar-refractivity contribution >= 4 is 5.78 Å². The van der Waals surface area contributed by atoms with Gasteiger partial charge in [0.05, 0.1) is 11.5 Å². The zero-order chi connectivity index (χ0) is 14.2. The number of hydrogen-bond donors (Lipinski definition) is 2. The van der Waals surface area contributed by atoms with Crippen molar-refractivity contribution in [3.63, 3.8) is 0 Å². The highest BCUT2D eigenvalue weighted by Crippen LogP contribution is 2.52. The van der Waals surface area contributed by atoms with Crippen LogP contribution in [0, 0.1) is 23.2 Å². The van der Waals surface area contributed by atoms with Crippen LogP contribution < -0.4 is 0 Å². The van der Waals surface area contributed by atoms with E-state index in [0.29, 0.717) is 5.92 Å². The van der Waals surface area contributed by atoms with E-state index in [-0.39, 0.29) is 30.6 Å². The van der Waals surface area contributed by atoms with E-state index >= 15 is 0 Å². The van der Waals surface area contributed by atoms with Gasteiger partial charge in [-0.05, 0) is 37.2 Å². The molecule has 0 aliphatic heterocycles. The molecule has 0 aromatic carbocycles. The minimum absolute atomic E-state index is 0.00652. The molecule has 0 saturated heterocycles. The van der Waals surface area contributed by atoms with Gasteiger partial charge in [0.1, 0.15) is 5.78 Å². The fraction of sp³-hybridized carbons (Fsp3) is 0.688. The SMILES string of the molecule is C=C1C=CC2CC(C)CC(O)C2C1(C)C(=O)CCO. The quantitative estimate of drug-likeness (QED) is 0.820. The lowest BCUT2D eigenvalue weighted by Gasteiger charge is -2.49. The molecular formula is C16H24O3. The first-order chi connectivity index (χ1) is 8.91. The smallest absolute Gasteiger partial charge is 0.145 e. The zero-order valence-electron chi connectivity index (χ0n) is 11.8. The Morgan fingerprint density at radius 1 is 1.53 bits per heavy atom. The third-order valence-electron chi connectivity index (χ3n) is 4.99. The molecule has 106 valence electrons. The van der Waals surface area contributed by atoms with E-state index in [2.05, 4.69) is 19.6 Å². The van der Waals surface area contributed by atoms with Crippen molar-refractivity contribution in [1.29, 1.82) is 0 Å². The Hall–Kier alpha value is -0.930. The molecule has 1 fully saturated rings. The Morgan fingerprint density at radius 2 is 2.21 bits per heavy atom. The first-order valence-corrected chi connectivity index (χ1v) is 7.11. The van der Waals surface area contributed by atoms with Gasteiger partial charge in [0.15, 0.2) is 0 Å². The van der Waals surface area contributed by atoms with Gasteiger partial charge >= 0.3 is 0 Å². The van der Waals surface area contributed by atoms with Crippen molar-refractivity contribution in [2.75, 3.05) is 6.61 Å². The van der Waals surface area contributed by atoms with Crippen molar-refractivity contribution in [2.24, 2.45) is 23.2 Å². The number of Topliss-reactive ketones (excluding diaryl/α,β-unsaturated/α-hetero) is 1. The van der Waals surface area contributed by atoms with Crippen LogP contribution in [0.5, 0.6) is 0 Å². The molecule has 0 bridgehead atoms. The van der Waals surface area contributed by atoms with Gasteiger partial charge in [-0.15, -0.1) is 0 Å². The molecule has 0 amide bonds. The van der Waals surface area contributed by atoms with Gasteiger partial charge in [0.25, 0.3) is 0 Å². The van der Waals surface area contributed by atoms with Crippen LogP contribution in [-0.4, -0.2) is 28.7 Å². The molecule has 5 atom stereocenters. The molecule has 19 heavy (non-hydrogen) atoms. The molecule has 3 nitrogen and oxygen atoms in total. The molecule has 0 aromatic rings. The Kier molecular flexibility index (Phi) is 3.98. The van der Waals surface area contributed by atoms with Crippen LogP contribution in [0.3, 0.4) is 0 Å². The minimum atomic E-state index is -0.734. The van der Waals surface area contributed by atoms with Crippen molar-refractivity contribution in [1.82, 2.24) is 0 Å². The summed E-state index contributed by atoms with van der Waals surface area (Å²) >= 11 is 0. The van der Waals surface area contributed by atoms with Crippen molar-refractivity contribution < 1.29 is 15.0 Å². The number of hydrogen-bond acceptors (Lipinski definition) is 3. The number of allylic oxidation sites excluding steroid dienone is 3. The average Bonchev–Trinajstić information content (AvgIpc) is 2.33. The first kappa shape index (κ1) is 14.5. The highest BCUT2D eigenvalue weighted by molar-refractivity contribution is 5.89. The summed E-state index contributed by atoms with van der Waals surface area (Å²) in [5.74, 6) is 0.606. The molecule has 2 aliphatic rings. The Bertz CT molecular complexity index is 412. The van der Waals surface area contributed by atoms with Crippen molar-refractivity contribution in [2.45, 2.75) is 39.2 Å². The molecule has 0 heterocycles. The van der Waals surface area contributed by atoms with Gasteiger partial charge in [-0.1, -0.05) is 25.7 Å². The Morgan fingerprint density at radius 3 is 2.84 bits per heavy atom. The Balaban J connectivity index is 2.38. The maximum absolute atomic E-state index is 12.4. The van der Waals surface area contributed by atoms with E-state index in [1.165, 1.54) is 0 Å². The molecular weight excluding hydrogens is 240 g/mol. The lowest BCUT2D eigenvalue weighted by atomic mass is 9.54. The monoisotopic (exact) mass is 264 g/mol. The first-order valence-electron chi connectivity index (χ1n) is 7.11. The molecule has 1 saturated carbocycles. The molecule has 5 unspecified atom stereocenters. The molecule has 0 aromatic heterocycles. The summed E-state index contributed by atoms with van der Waals surface area (Å²) in [5, 5.41) is 19.5. The number of fused-ring (bicyclic) bond motifs is 1. The van der Waals surface area contributed by atoms with Crippen LogP contribution in [0.2, 0.25) is 0 Å². The summed E-state index contributed by atoms with van der Waals surface area (Å²) in [6.45, 7) is 7.90. The number of rotatable bonds is 3. The van der Waals surface area contributed by atoms with Gasteiger partial charge in [-0.2, -0.15) is 0 Å². The summed E-state index contributed by atoms with van der Waals surface area (Å²) < 4.78 is 0. The Labute approximate surface area is 115 Å². The minimum Gasteiger partial charge on any atom is -0.396 e. The second-order valence-electron chi connectivity index (χ2n) is 6.32. The lowest BCUT2D eigenvalue weighted by molar-refractivity contribution is -0.136. The van der Waals surface area contributed by atoms with Gasteiger partial charge in [0, 0.05) is 18.9 Å². The highest BCUT2D eigenvalue weighted by Gasteiger charge is 2.52. The van der Waals surface area contributed by atoms with E-state index in [1.807, 2.05) is 13.0 Å². The van der Waals surface area contributed by atoms with Crippen LogP contribution in [0.15, 0.2) is 24.3 Å². The largest absolute Gasteiger partial charge is 0.396 e. The molecule has 3 heteroatoms. The third kappa shape index (κ3) is 2.30. The number of carbonyl (C=O) groups is 1. The number of aliphatic hydroxyl groups is 2. The van der Waals surface area contributed by atoms with Crippen molar-refractivity contribution in [3.8, 4) is 0 Å².